The maximum absolute atomic E-state index is 12.6. The molecule has 0 aliphatic carbocycles. The second-order valence-electron chi connectivity index (χ2n) is 6.52. The summed E-state index contributed by atoms with van der Waals surface area (Å²) in [6.45, 7) is 3.17. The number of carbonyl (C=O) groups is 1. The zero-order chi connectivity index (χ0) is 18.4. The van der Waals surface area contributed by atoms with Gasteiger partial charge in [0.15, 0.2) is 11.5 Å². The first-order valence-corrected chi connectivity index (χ1v) is 8.32. The van der Waals surface area contributed by atoms with Crippen LogP contribution in [0.5, 0.6) is 0 Å². The minimum atomic E-state index is -0.282. The Morgan fingerprint density at radius 2 is 2.00 bits per heavy atom. The molecule has 0 atom stereocenters. The third-order valence-corrected chi connectivity index (χ3v) is 4.81. The Morgan fingerprint density at radius 1 is 1.23 bits per heavy atom. The Morgan fingerprint density at radius 3 is 2.77 bits per heavy atom. The van der Waals surface area contributed by atoms with Gasteiger partial charge in [0.2, 0.25) is 0 Å². The van der Waals surface area contributed by atoms with Crippen LogP contribution in [0.25, 0.3) is 5.65 Å². The number of pyridine rings is 1. The highest BCUT2D eigenvalue weighted by molar-refractivity contribution is 5.94. The monoisotopic (exact) mass is 353 g/mol. The predicted molar refractivity (Wildman–Crippen MR) is 95.3 cm³/mol. The molecule has 4 heterocycles. The summed E-state index contributed by atoms with van der Waals surface area (Å²) >= 11 is 0. The van der Waals surface area contributed by atoms with Gasteiger partial charge in [-0.1, -0.05) is 0 Å². The van der Waals surface area contributed by atoms with Gasteiger partial charge in [0, 0.05) is 33.4 Å². The molecule has 0 aromatic carbocycles. The number of anilines is 1. The summed E-state index contributed by atoms with van der Waals surface area (Å²) in [4.78, 5) is 28.5. The Hall–Kier alpha value is -3.23. The fraction of sp³-hybridized carbons (Fsp3) is 0.353. The van der Waals surface area contributed by atoms with Crippen LogP contribution in [0.3, 0.4) is 0 Å². The van der Waals surface area contributed by atoms with E-state index in [9.17, 15) is 9.59 Å². The van der Waals surface area contributed by atoms with Gasteiger partial charge in [-0.25, -0.2) is 0 Å². The van der Waals surface area contributed by atoms with Gasteiger partial charge in [-0.3, -0.25) is 9.59 Å². The second-order valence-corrected chi connectivity index (χ2v) is 6.52. The number of hydrogen-bond acceptors (Lipinski definition) is 6. The van der Waals surface area contributed by atoms with Gasteiger partial charge >= 0.3 is 0 Å². The average molecular weight is 353 g/mol. The van der Waals surface area contributed by atoms with Gasteiger partial charge in [0.25, 0.3) is 11.5 Å². The molecule has 0 spiro atoms. The van der Waals surface area contributed by atoms with Crippen LogP contribution in [0.1, 0.15) is 16.2 Å². The van der Waals surface area contributed by atoms with Crippen LogP contribution in [0, 0.1) is 6.92 Å². The van der Waals surface area contributed by atoms with E-state index >= 15 is 0 Å². The molecule has 0 saturated carbocycles. The van der Waals surface area contributed by atoms with Crippen LogP contribution in [0.2, 0.25) is 0 Å². The Bertz CT molecular complexity index is 1050. The minimum Gasteiger partial charge on any atom is -0.351 e. The normalized spacial score (nSPS) is 14.5. The van der Waals surface area contributed by atoms with E-state index in [4.69, 9.17) is 0 Å². The van der Waals surface area contributed by atoms with E-state index < -0.39 is 0 Å². The maximum atomic E-state index is 12.6. The highest BCUT2D eigenvalue weighted by Crippen LogP contribution is 2.22. The smallest absolute Gasteiger partial charge is 0.263 e. The van der Waals surface area contributed by atoms with Crippen molar-refractivity contribution in [3.8, 4) is 0 Å². The molecule has 1 aliphatic heterocycles. The van der Waals surface area contributed by atoms with Gasteiger partial charge in [0.1, 0.15) is 11.4 Å². The molecule has 0 radical (unpaired) electrons. The van der Waals surface area contributed by atoms with Crippen molar-refractivity contribution in [2.24, 2.45) is 7.05 Å². The zero-order valence-electron chi connectivity index (χ0n) is 14.8. The van der Waals surface area contributed by atoms with Crippen molar-refractivity contribution in [2.45, 2.75) is 13.0 Å². The molecule has 9 nitrogen and oxygen atoms in total. The Balaban J connectivity index is 1.48. The zero-order valence-corrected chi connectivity index (χ0v) is 14.8. The molecule has 3 aromatic rings. The van der Waals surface area contributed by atoms with Gasteiger partial charge in [-0.05, 0) is 31.2 Å². The summed E-state index contributed by atoms with van der Waals surface area (Å²) in [5, 5.41) is 12.6. The number of aryl methyl sites for hydroxylation is 2. The van der Waals surface area contributed by atoms with Gasteiger partial charge in [-0.2, -0.15) is 4.52 Å². The van der Waals surface area contributed by atoms with E-state index in [-0.39, 0.29) is 23.1 Å². The molecule has 1 saturated heterocycles. The minimum absolute atomic E-state index is 0.0342. The van der Waals surface area contributed by atoms with Gasteiger partial charge in [-0.15, -0.1) is 15.3 Å². The lowest BCUT2D eigenvalue weighted by atomic mass is 10.1. The van der Waals surface area contributed by atoms with Crippen molar-refractivity contribution in [3.05, 3.63) is 52.2 Å². The standard InChI is InChI=1S/C17H19N7O2/c1-11-18-19-14-6-7-15(20-24(11)14)23-9-12(10-23)22(3)17(26)13-5-4-8-21(2)16(13)25/h4-8,12H,9-10H2,1-3H3. The van der Waals surface area contributed by atoms with Crippen molar-refractivity contribution in [1.82, 2.24) is 29.3 Å². The van der Waals surface area contributed by atoms with Crippen molar-refractivity contribution in [3.63, 3.8) is 0 Å². The van der Waals surface area contributed by atoms with Crippen LogP contribution in [0.15, 0.2) is 35.3 Å². The molecule has 0 N–H and O–H groups in total. The van der Waals surface area contributed by atoms with Crippen LogP contribution >= 0.6 is 0 Å². The highest BCUT2D eigenvalue weighted by atomic mass is 16.2. The van der Waals surface area contributed by atoms with Crippen LogP contribution in [0.4, 0.5) is 5.82 Å². The molecular weight excluding hydrogens is 334 g/mol. The summed E-state index contributed by atoms with van der Waals surface area (Å²) < 4.78 is 3.11. The molecule has 9 heteroatoms. The van der Waals surface area contributed by atoms with E-state index in [1.807, 2.05) is 19.1 Å². The number of carbonyl (C=O) groups excluding carboxylic acids is 1. The lowest BCUT2D eigenvalue weighted by molar-refractivity contribution is 0.0702. The molecule has 26 heavy (non-hydrogen) atoms. The summed E-state index contributed by atoms with van der Waals surface area (Å²) in [6, 6.07) is 7.08. The van der Waals surface area contributed by atoms with E-state index in [0.29, 0.717) is 18.7 Å². The number of aromatic nitrogens is 5. The maximum Gasteiger partial charge on any atom is 0.263 e. The second kappa shape index (κ2) is 5.94. The number of fused-ring (bicyclic) bond motifs is 1. The van der Waals surface area contributed by atoms with E-state index in [2.05, 4.69) is 20.2 Å². The topological polar surface area (TPSA) is 88.6 Å². The quantitative estimate of drug-likeness (QED) is 0.663. The molecule has 1 aliphatic rings. The lowest BCUT2D eigenvalue weighted by Gasteiger charge is -2.44. The largest absolute Gasteiger partial charge is 0.351 e. The fourth-order valence-corrected chi connectivity index (χ4v) is 3.06. The molecule has 134 valence electrons. The van der Waals surface area contributed by atoms with Crippen molar-refractivity contribution < 1.29 is 4.79 Å². The molecule has 0 unspecified atom stereocenters. The highest BCUT2D eigenvalue weighted by Gasteiger charge is 2.34. The summed E-state index contributed by atoms with van der Waals surface area (Å²) in [5.74, 6) is 1.29. The average Bonchev–Trinajstić information content (AvgIpc) is 2.96. The van der Waals surface area contributed by atoms with Gasteiger partial charge < -0.3 is 14.4 Å². The number of likely N-dealkylation sites (N-methyl/N-ethyl adjacent to an activating group) is 1. The summed E-state index contributed by atoms with van der Waals surface area (Å²) in [5.41, 5.74) is 0.613. The Labute approximate surface area is 149 Å². The molecule has 0 bridgehead atoms. The summed E-state index contributed by atoms with van der Waals surface area (Å²) in [6.07, 6.45) is 1.64. The molecular formula is C17H19N7O2. The van der Waals surface area contributed by atoms with Gasteiger partial charge in [0.05, 0.1) is 6.04 Å². The van der Waals surface area contributed by atoms with E-state index in [0.717, 1.165) is 11.6 Å². The molecule has 3 aromatic heterocycles. The SMILES string of the molecule is Cc1nnc2ccc(N3CC(N(C)C(=O)c4cccn(C)c4=O)C3)nn12. The summed E-state index contributed by atoms with van der Waals surface area (Å²) in [7, 11) is 3.37. The number of nitrogens with zero attached hydrogens (tertiary/aromatic N) is 7. The molecule has 4 rings (SSSR count). The van der Waals surface area contributed by atoms with E-state index in [1.165, 1.54) is 4.57 Å². The lowest BCUT2D eigenvalue weighted by Crippen LogP contribution is -2.60. The van der Waals surface area contributed by atoms with Crippen LogP contribution in [-0.2, 0) is 7.05 Å². The first kappa shape index (κ1) is 16.2. The predicted octanol–water partition coefficient (Wildman–Crippen LogP) is 0.0922. The first-order chi connectivity index (χ1) is 12.5. The van der Waals surface area contributed by atoms with Crippen molar-refractivity contribution in [2.75, 3.05) is 25.0 Å². The third-order valence-electron chi connectivity index (χ3n) is 4.81. The first-order valence-electron chi connectivity index (χ1n) is 8.32. The van der Waals surface area contributed by atoms with Crippen LogP contribution in [-0.4, -0.2) is 61.4 Å². The van der Waals surface area contributed by atoms with Crippen molar-refractivity contribution in [1.29, 1.82) is 0 Å². The third kappa shape index (κ3) is 2.52. The van der Waals surface area contributed by atoms with Crippen LogP contribution < -0.4 is 10.5 Å². The van der Waals surface area contributed by atoms with E-state index in [1.54, 1.807) is 41.8 Å². The fourth-order valence-electron chi connectivity index (χ4n) is 3.06. The molecule has 1 amide bonds. The molecule has 1 fully saturated rings. The number of rotatable bonds is 3. The number of amides is 1. The Kier molecular flexibility index (Phi) is 3.71. The van der Waals surface area contributed by atoms with Crippen molar-refractivity contribution >= 4 is 17.4 Å². The number of hydrogen-bond donors (Lipinski definition) is 0.